The molecule has 1 atom stereocenters. The van der Waals surface area contributed by atoms with Gasteiger partial charge in [-0.05, 0) is 47.6 Å². The van der Waals surface area contributed by atoms with Gasteiger partial charge in [-0.25, -0.2) is 0 Å². The number of thiophene rings is 1. The van der Waals surface area contributed by atoms with Gasteiger partial charge in [-0.2, -0.15) is 11.3 Å². The molecule has 0 radical (unpaired) electrons. The van der Waals surface area contributed by atoms with Crippen molar-refractivity contribution in [1.82, 2.24) is 10.2 Å². The molecular formula is C16H24N2OS. The standard InChI is InChI=1S/C16H24N2OS/c1-12(2)5-3-4-9-18-14(13-6-10-20-11-13)17-16(7-8-16)15(18)19/h6,10-12,14,17H,3-5,7-9H2,1-2H3. The van der Waals surface area contributed by atoms with E-state index in [0.29, 0.717) is 5.91 Å². The number of hydrogen-bond donors (Lipinski definition) is 1. The van der Waals surface area contributed by atoms with E-state index in [1.54, 1.807) is 11.3 Å². The van der Waals surface area contributed by atoms with Gasteiger partial charge in [0.1, 0.15) is 11.7 Å². The highest BCUT2D eigenvalue weighted by molar-refractivity contribution is 7.07. The summed E-state index contributed by atoms with van der Waals surface area (Å²) in [5, 5.41) is 7.83. The lowest BCUT2D eigenvalue weighted by Crippen LogP contribution is -2.33. The first-order valence-corrected chi connectivity index (χ1v) is 8.67. The molecule has 20 heavy (non-hydrogen) atoms. The van der Waals surface area contributed by atoms with E-state index in [1.807, 2.05) is 0 Å². The maximum absolute atomic E-state index is 12.6. The zero-order valence-electron chi connectivity index (χ0n) is 12.4. The van der Waals surface area contributed by atoms with Crippen molar-refractivity contribution in [2.75, 3.05) is 6.54 Å². The summed E-state index contributed by atoms with van der Waals surface area (Å²) in [5.41, 5.74) is 1.04. The third-order valence-electron chi connectivity index (χ3n) is 4.43. The van der Waals surface area contributed by atoms with E-state index in [-0.39, 0.29) is 11.7 Å². The van der Waals surface area contributed by atoms with Crippen LogP contribution in [0.2, 0.25) is 0 Å². The lowest BCUT2D eigenvalue weighted by atomic mass is 10.1. The number of carbonyl (C=O) groups excluding carboxylic acids is 1. The van der Waals surface area contributed by atoms with E-state index in [4.69, 9.17) is 0 Å². The summed E-state index contributed by atoms with van der Waals surface area (Å²) in [4.78, 5) is 14.7. The molecule has 3 nitrogen and oxygen atoms in total. The maximum atomic E-state index is 12.6. The number of rotatable bonds is 6. The Morgan fingerprint density at radius 2 is 2.25 bits per heavy atom. The van der Waals surface area contributed by atoms with Crippen molar-refractivity contribution >= 4 is 17.2 Å². The molecule has 1 aliphatic carbocycles. The minimum Gasteiger partial charge on any atom is -0.321 e. The Bertz CT molecular complexity index is 465. The smallest absolute Gasteiger partial charge is 0.244 e. The monoisotopic (exact) mass is 292 g/mol. The zero-order chi connectivity index (χ0) is 14.2. The molecule has 0 aromatic carbocycles. The first kappa shape index (κ1) is 14.1. The van der Waals surface area contributed by atoms with Crippen LogP contribution in [0.25, 0.3) is 0 Å². The van der Waals surface area contributed by atoms with Crippen LogP contribution in [-0.4, -0.2) is 22.9 Å². The van der Waals surface area contributed by atoms with Crippen LogP contribution in [0.4, 0.5) is 0 Å². The molecular weight excluding hydrogens is 268 g/mol. The topological polar surface area (TPSA) is 32.3 Å². The highest BCUT2D eigenvalue weighted by Crippen LogP contribution is 2.46. The number of nitrogens with zero attached hydrogens (tertiary/aromatic N) is 1. The average Bonchev–Trinajstić information content (AvgIpc) is 2.89. The van der Waals surface area contributed by atoms with Crippen LogP contribution >= 0.6 is 11.3 Å². The zero-order valence-corrected chi connectivity index (χ0v) is 13.2. The summed E-state index contributed by atoms with van der Waals surface area (Å²) in [6.45, 7) is 5.41. The molecule has 1 saturated heterocycles. The fourth-order valence-corrected chi connectivity index (χ4v) is 3.71. The minimum atomic E-state index is -0.204. The Hall–Kier alpha value is -0.870. The van der Waals surface area contributed by atoms with E-state index in [0.717, 1.165) is 31.7 Å². The van der Waals surface area contributed by atoms with Crippen molar-refractivity contribution in [3.05, 3.63) is 22.4 Å². The SMILES string of the molecule is CC(C)CCCCN1C(=O)C2(CC2)NC1c1ccsc1. The minimum absolute atomic E-state index is 0.107. The molecule has 1 unspecified atom stereocenters. The molecule has 3 rings (SSSR count). The van der Waals surface area contributed by atoms with Gasteiger partial charge in [-0.3, -0.25) is 10.1 Å². The number of nitrogens with one attached hydrogen (secondary N) is 1. The van der Waals surface area contributed by atoms with Crippen LogP contribution in [0, 0.1) is 5.92 Å². The van der Waals surface area contributed by atoms with Crippen molar-refractivity contribution in [1.29, 1.82) is 0 Å². The second-order valence-corrected chi connectivity index (χ2v) is 7.35. The third-order valence-corrected chi connectivity index (χ3v) is 5.14. The quantitative estimate of drug-likeness (QED) is 0.813. The van der Waals surface area contributed by atoms with Gasteiger partial charge < -0.3 is 4.90 Å². The molecule has 2 aliphatic rings. The molecule has 1 amide bonds. The number of carbonyl (C=O) groups is 1. The van der Waals surface area contributed by atoms with Crippen LogP contribution < -0.4 is 5.32 Å². The Morgan fingerprint density at radius 3 is 2.85 bits per heavy atom. The van der Waals surface area contributed by atoms with Gasteiger partial charge in [0.05, 0.1) is 0 Å². The van der Waals surface area contributed by atoms with Crippen LogP contribution in [-0.2, 0) is 4.79 Å². The summed E-state index contributed by atoms with van der Waals surface area (Å²) >= 11 is 1.70. The molecule has 1 N–H and O–H groups in total. The fraction of sp³-hybridized carbons (Fsp3) is 0.688. The van der Waals surface area contributed by atoms with Crippen LogP contribution in [0.3, 0.4) is 0 Å². The lowest BCUT2D eigenvalue weighted by Gasteiger charge is -2.23. The molecule has 1 aromatic heterocycles. The summed E-state index contributed by atoms with van der Waals surface area (Å²) < 4.78 is 0. The third kappa shape index (κ3) is 2.63. The van der Waals surface area contributed by atoms with Gasteiger partial charge in [-0.15, -0.1) is 0 Å². The van der Waals surface area contributed by atoms with Gasteiger partial charge in [-0.1, -0.05) is 26.7 Å². The number of hydrogen-bond acceptors (Lipinski definition) is 3. The highest BCUT2D eigenvalue weighted by Gasteiger charge is 2.59. The van der Waals surface area contributed by atoms with Gasteiger partial charge in [0, 0.05) is 6.54 Å². The van der Waals surface area contributed by atoms with Gasteiger partial charge in [0.15, 0.2) is 0 Å². The second kappa shape index (κ2) is 5.49. The van der Waals surface area contributed by atoms with Gasteiger partial charge in [0.25, 0.3) is 0 Å². The lowest BCUT2D eigenvalue weighted by molar-refractivity contribution is -0.130. The predicted octanol–water partition coefficient (Wildman–Crippen LogP) is 3.54. The van der Waals surface area contributed by atoms with Crippen molar-refractivity contribution < 1.29 is 4.79 Å². The molecule has 1 aliphatic heterocycles. The summed E-state index contributed by atoms with van der Waals surface area (Å²) in [5.74, 6) is 1.09. The predicted molar refractivity (Wildman–Crippen MR) is 82.6 cm³/mol. The van der Waals surface area contributed by atoms with Crippen molar-refractivity contribution in [3.8, 4) is 0 Å². The molecule has 0 bridgehead atoms. The molecule has 1 saturated carbocycles. The first-order valence-electron chi connectivity index (χ1n) is 7.73. The normalized spacial score (nSPS) is 24.1. The summed E-state index contributed by atoms with van der Waals surface area (Å²) in [7, 11) is 0. The molecule has 2 heterocycles. The fourth-order valence-electron chi connectivity index (χ4n) is 3.04. The van der Waals surface area contributed by atoms with Crippen molar-refractivity contribution in [2.45, 2.75) is 57.7 Å². The Morgan fingerprint density at radius 1 is 1.45 bits per heavy atom. The highest BCUT2D eigenvalue weighted by atomic mass is 32.1. The van der Waals surface area contributed by atoms with E-state index in [1.165, 1.54) is 18.4 Å². The first-order chi connectivity index (χ1) is 9.62. The van der Waals surface area contributed by atoms with E-state index in [2.05, 4.69) is 40.9 Å². The summed E-state index contributed by atoms with van der Waals surface area (Å²) in [6.07, 6.45) is 5.70. The molecule has 1 spiro atoms. The Labute approximate surface area is 125 Å². The van der Waals surface area contributed by atoms with Crippen LogP contribution in [0.1, 0.15) is 57.7 Å². The van der Waals surface area contributed by atoms with E-state index >= 15 is 0 Å². The van der Waals surface area contributed by atoms with Crippen LogP contribution in [0.5, 0.6) is 0 Å². The van der Waals surface area contributed by atoms with Crippen LogP contribution in [0.15, 0.2) is 16.8 Å². The van der Waals surface area contributed by atoms with Gasteiger partial charge in [0.2, 0.25) is 5.91 Å². The van der Waals surface area contributed by atoms with Gasteiger partial charge >= 0.3 is 0 Å². The Balaban J connectivity index is 1.64. The van der Waals surface area contributed by atoms with E-state index in [9.17, 15) is 4.79 Å². The number of amides is 1. The average molecular weight is 292 g/mol. The largest absolute Gasteiger partial charge is 0.321 e. The molecule has 4 heteroatoms. The maximum Gasteiger partial charge on any atom is 0.244 e. The molecule has 110 valence electrons. The molecule has 2 fully saturated rings. The van der Waals surface area contributed by atoms with Crippen molar-refractivity contribution in [2.24, 2.45) is 5.92 Å². The summed E-state index contributed by atoms with van der Waals surface area (Å²) in [6, 6.07) is 2.14. The van der Waals surface area contributed by atoms with Crippen molar-refractivity contribution in [3.63, 3.8) is 0 Å². The Kier molecular flexibility index (Phi) is 3.87. The second-order valence-electron chi connectivity index (χ2n) is 6.57. The number of unbranched alkanes of at least 4 members (excludes halogenated alkanes) is 1. The van der Waals surface area contributed by atoms with E-state index < -0.39 is 0 Å². The molecule has 1 aromatic rings.